The van der Waals surface area contributed by atoms with Crippen LogP contribution in [-0.4, -0.2) is 24.4 Å². The van der Waals surface area contributed by atoms with Crippen molar-refractivity contribution in [2.45, 2.75) is 6.42 Å². The lowest BCUT2D eigenvalue weighted by molar-refractivity contribution is 0.340. The topological polar surface area (TPSA) is 58.9 Å². The van der Waals surface area contributed by atoms with Crippen molar-refractivity contribution < 1.29 is 19.7 Å². The van der Waals surface area contributed by atoms with Crippen LogP contribution in [0, 0.1) is 0 Å². The Labute approximate surface area is 123 Å². The molecule has 0 unspecified atom stereocenters. The average molecular weight is 286 g/mol. The number of hydrogen-bond donors (Lipinski definition) is 2. The molecule has 2 aromatic carbocycles. The lowest BCUT2D eigenvalue weighted by atomic mass is 10.1. The largest absolute Gasteiger partial charge is 0.508 e. The van der Waals surface area contributed by atoms with Crippen molar-refractivity contribution in [1.29, 1.82) is 0 Å². The number of ether oxygens (including phenoxy) is 2. The molecule has 0 aliphatic heterocycles. The molecule has 0 saturated heterocycles. The quantitative estimate of drug-likeness (QED) is 0.884. The predicted octanol–water partition coefficient (Wildman–Crippen LogP) is 3.37. The van der Waals surface area contributed by atoms with Crippen LogP contribution < -0.4 is 9.47 Å². The molecule has 0 aromatic heterocycles. The summed E-state index contributed by atoms with van der Waals surface area (Å²) >= 11 is 0. The zero-order chi connectivity index (χ0) is 15.2. The Morgan fingerprint density at radius 1 is 0.952 bits per heavy atom. The molecule has 2 aromatic rings. The molecule has 0 radical (unpaired) electrons. The summed E-state index contributed by atoms with van der Waals surface area (Å²) < 4.78 is 10.2. The van der Waals surface area contributed by atoms with Crippen molar-refractivity contribution in [3.63, 3.8) is 0 Å². The first kappa shape index (κ1) is 14.8. The van der Waals surface area contributed by atoms with Gasteiger partial charge in [-0.05, 0) is 41.8 Å². The van der Waals surface area contributed by atoms with Gasteiger partial charge in [0.05, 0.1) is 14.2 Å². The second-order valence-corrected chi connectivity index (χ2v) is 4.55. The Hall–Kier alpha value is -2.62. The molecule has 4 nitrogen and oxygen atoms in total. The minimum atomic E-state index is -0.00400. The van der Waals surface area contributed by atoms with E-state index in [4.69, 9.17) is 9.47 Å². The highest BCUT2D eigenvalue weighted by Crippen LogP contribution is 2.37. The molecule has 21 heavy (non-hydrogen) atoms. The van der Waals surface area contributed by atoms with Crippen LogP contribution in [0.2, 0.25) is 0 Å². The van der Waals surface area contributed by atoms with Gasteiger partial charge in [-0.1, -0.05) is 24.3 Å². The minimum absolute atomic E-state index is 0.00400. The standard InChI is InChI=1S/C17H18O4/c1-20-15-10-13(11-16(21-2)17(15)19)5-3-4-12-6-8-14(18)9-7-12/h3,5-11,18-19H,4H2,1-2H3/b5-3+. The summed E-state index contributed by atoms with van der Waals surface area (Å²) in [4.78, 5) is 0. The van der Waals surface area contributed by atoms with E-state index in [1.165, 1.54) is 14.2 Å². The summed E-state index contributed by atoms with van der Waals surface area (Å²) in [7, 11) is 3.00. The van der Waals surface area contributed by atoms with E-state index in [2.05, 4.69) is 0 Å². The summed E-state index contributed by atoms with van der Waals surface area (Å²) in [5.74, 6) is 1.00. The first-order valence-electron chi connectivity index (χ1n) is 6.53. The van der Waals surface area contributed by atoms with Crippen LogP contribution >= 0.6 is 0 Å². The van der Waals surface area contributed by atoms with Gasteiger partial charge in [0.2, 0.25) is 5.75 Å². The number of phenolic OH excluding ortho intramolecular Hbond substituents is 2. The number of methoxy groups -OCH3 is 2. The van der Waals surface area contributed by atoms with Gasteiger partial charge in [0.25, 0.3) is 0 Å². The van der Waals surface area contributed by atoms with Crippen LogP contribution in [0.15, 0.2) is 42.5 Å². The molecule has 0 spiro atoms. The van der Waals surface area contributed by atoms with Crippen LogP contribution in [0.5, 0.6) is 23.0 Å². The number of benzene rings is 2. The van der Waals surface area contributed by atoms with Crippen molar-refractivity contribution in [3.8, 4) is 23.0 Å². The molecule has 0 fully saturated rings. The molecule has 0 aliphatic rings. The Kier molecular flexibility index (Phi) is 4.72. The Balaban J connectivity index is 2.15. The van der Waals surface area contributed by atoms with Gasteiger partial charge in [-0.15, -0.1) is 0 Å². The molecule has 2 rings (SSSR count). The summed E-state index contributed by atoms with van der Waals surface area (Å²) in [6, 6.07) is 10.6. The van der Waals surface area contributed by atoms with E-state index < -0.39 is 0 Å². The fraction of sp³-hybridized carbons (Fsp3) is 0.176. The van der Waals surface area contributed by atoms with Gasteiger partial charge < -0.3 is 19.7 Å². The number of hydrogen-bond acceptors (Lipinski definition) is 4. The molecule has 2 N–H and O–H groups in total. The van der Waals surface area contributed by atoms with E-state index in [1.807, 2.05) is 24.3 Å². The molecule has 0 bridgehead atoms. The molecular weight excluding hydrogens is 268 g/mol. The number of phenols is 2. The van der Waals surface area contributed by atoms with Crippen molar-refractivity contribution in [2.24, 2.45) is 0 Å². The van der Waals surface area contributed by atoms with Crippen molar-refractivity contribution in [1.82, 2.24) is 0 Å². The molecular formula is C17H18O4. The van der Waals surface area contributed by atoms with E-state index in [9.17, 15) is 10.2 Å². The third kappa shape index (κ3) is 3.69. The maximum atomic E-state index is 9.84. The highest BCUT2D eigenvalue weighted by atomic mass is 16.5. The zero-order valence-electron chi connectivity index (χ0n) is 12.0. The van der Waals surface area contributed by atoms with E-state index in [-0.39, 0.29) is 11.5 Å². The third-order valence-electron chi connectivity index (χ3n) is 3.10. The maximum Gasteiger partial charge on any atom is 0.200 e. The number of allylic oxidation sites excluding steroid dienone is 1. The van der Waals surface area contributed by atoms with Gasteiger partial charge in [0, 0.05) is 0 Å². The van der Waals surface area contributed by atoms with Crippen molar-refractivity contribution in [2.75, 3.05) is 14.2 Å². The van der Waals surface area contributed by atoms with Gasteiger partial charge in [-0.25, -0.2) is 0 Å². The van der Waals surface area contributed by atoms with Crippen LogP contribution in [0.4, 0.5) is 0 Å². The van der Waals surface area contributed by atoms with E-state index in [1.54, 1.807) is 24.3 Å². The molecule has 0 heterocycles. The smallest absolute Gasteiger partial charge is 0.200 e. The van der Waals surface area contributed by atoms with Crippen LogP contribution in [0.3, 0.4) is 0 Å². The summed E-state index contributed by atoms with van der Waals surface area (Å²) in [5, 5.41) is 19.1. The monoisotopic (exact) mass is 286 g/mol. The summed E-state index contributed by atoms with van der Waals surface area (Å²) in [6.07, 6.45) is 4.67. The number of aromatic hydroxyl groups is 2. The second-order valence-electron chi connectivity index (χ2n) is 4.55. The Morgan fingerprint density at radius 2 is 1.52 bits per heavy atom. The molecule has 0 saturated carbocycles. The predicted molar refractivity (Wildman–Crippen MR) is 82.1 cm³/mol. The van der Waals surface area contributed by atoms with E-state index in [0.717, 1.165) is 17.5 Å². The highest BCUT2D eigenvalue weighted by Gasteiger charge is 2.09. The highest BCUT2D eigenvalue weighted by molar-refractivity contribution is 5.61. The SMILES string of the molecule is COc1cc(/C=C/Cc2ccc(O)cc2)cc(OC)c1O. The van der Waals surface area contributed by atoms with Crippen LogP contribution in [0.1, 0.15) is 11.1 Å². The van der Waals surface area contributed by atoms with E-state index in [0.29, 0.717) is 11.5 Å². The van der Waals surface area contributed by atoms with Crippen molar-refractivity contribution >= 4 is 6.08 Å². The van der Waals surface area contributed by atoms with Crippen LogP contribution in [0.25, 0.3) is 6.08 Å². The molecule has 0 amide bonds. The van der Waals surface area contributed by atoms with Gasteiger partial charge >= 0.3 is 0 Å². The zero-order valence-corrected chi connectivity index (χ0v) is 12.0. The maximum absolute atomic E-state index is 9.84. The van der Waals surface area contributed by atoms with Crippen molar-refractivity contribution in [3.05, 3.63) is 53.6 Å². The average Bonchev–Trinajstić information content (AvgIpc) is 2.50. The minimum Gasteiger partial charge on any atom is -0.508 e. The number of rotatable bonds is 5. The van der Waals surface area contributed by atoms with Gasteiger partial charge in [-0.3, -0.25) is 0 Å². The molecule has 4 heteroatoms. The second kappa shape index (κ2) is 6.70. The Bertz CT molecular complexity index is 605. The first-order valence-corrected chi connectivity index (χ1v) is 6.53. The lowest BCUT2D eigenvalue weighted by Gasteiger charge is -2.09. The molecule has 110 valence electrons. The van der Waals surface area contributed by atoms with E-state index >= 15 is 0 Å². The summed E-state index contributed by atoms with van der Waals surface area (Å²) in [5.41, 5.74) is 1.97. The fourth-order valence-electron chi connectivity index (χ4n) is 1.97. The molecule has 0 aliphatic carbocycles. The normalized spacial score (nSPS) is 10.8. The Morgan fingerprint density at radius 3 is 2.05 bits per heavy atom. The lowest BCUT2D eigenvalue weighted by Crippen LogP contribution is -1.90. The van der Waals surface area contributed by atoms with Crippen LogP contribution in [-0.2, 0) is 6.42 Å². The first-order chi connectivity index (χ1) is 10.1. The van der Waals surface area contributed by atoms with Gasteiger partial charge in [0.15, 0.2) is 11.5 Å². The fourth-order valence-corrected chi connectivity index (χ4v) is 1.97. The summed E-state index contributed by atoms with van der Waals surface area (Å²) in [6.45, 7) is 0. The molecule has 0 atom stereocenters. The van der Waals surface area contributed by atoms with Gasteiger partial charge in [-0.2, -0.15) is 0 Å². The third-order valence-corrected chi connectivity index (χ3v) is 3.10. The van der Waals surface area contributed by atoms with Gasteiger partial charge in [0.1, 0.15) is 5.75 Å².